The monoisotopic (exact) mass is 337 g/mol. The number of benzene rings is 2. The summed E-state index contributed by atoms with van der Waals surface area (Å²) in [5.41, 5.74) is 1.96. The fourth-order valence-electron chi connectivity index (χ4n) is 1.97. The van der Waals surface area contributed by atoms with E-state index in [-0.39, 0.29) is 5.75 Å². The number of anilines is 2. The molecule has 1 heterocycles. The van der Waals surface area contributed by atoms with Crippen molar-refractivity contribution in [1.29, 1.82) is 0 Å². The van der Waals surface area contributed by atoms with Gasteiger partial charge < -0.3 is 19.8 Å². The maximum absolute atomic E-state index is 12.1. The summed E-state index contributed by atoms with van der Waals surface area (Å²) in [6.07, 6.45) is -3.47. The molecule has 0 atom stereocenters. The van der Waals surface area contributed by atoms with Gasteiger partial charge in [0.1, 0.15) is 11.3 Å². The van der Waals surface area contributed by atoms with Crippen LogP contribution in [0.4, 0.5) is 29.3 Å². The Labute approximate surface area is 133 Å². The summed E-state index contributed by atoms with van der Waals surface area (Å²) in [4.78, 5) is 15.8. The predicted octanol–water partition coefficient (Wildman–Crippen LogP) is 4.37. The molecule has 0 saturated heterocycles. The smallest absolute Gasteiger partial charge is 0.443 e. The molecule has 0 unspecified atom stereocenters. The van der Waals surface area contributed by atoms with E-state index in [9.17, 15) is 18.0 Å². The van der Waals surface area contributed by atoms with Gasteiger partial charge in [-0.2, -0.15) is 0 Å². The lowest BCUT2D eigenvalue weighted by Gasteiger charge is -2.10. The van der Waals surface area contributed by atoms with Crippen molar-refractivity contribution in [2.24, 2.45) is 0 Å². The maximum Gasteiger partial charge on any atom is 0.573 e. The van der Waals surface area contributed by atoms with Crippen LogP contribution in [-0.2, 0) is 0 Å². The van der Waals surface area contributed by atoms with Crippen LogP contribution >= 0.6 is 0 Å². The van der Waals surface area contributed by atoms with Crippen LogP contribution in [0.3, 0.4) is 0 Å². The molecule has 0 spiro atoms. The van der Waals surface area contributed by atoms with Gasteiger partial charge in [-0.15, -0.1) is 13.2 Å². The molecule has 0 saturated carbocycles. The van der Waals surface area contributed by atoms with E-state index in [4.69, 9.17) is 4.42 Å². The molecule has 2 amide bonds. The highest BCUT2D eigenvalue weighted by Gasteiger charge is 2.30. The number of hydrogen-bond donors (Lipinski definition) is 2. The van der Waals surface area contributed by atoms with Crippen molar-refractivity contribution >= 4 is 28.5 Å². The summed E-state index contributed by atoms with van der Waals surface area (Å²) in [6.45, 7) is 0. The third-order valence-electron chi connectivity index (χ3n) is 2.93. The molecule has 124 valence electrons. The first-order valence-corrected chi connectivity index (χ1v) is 6.66. The third kappa shape index (κ3) is 3.94. The average Bonchev–Trinajstić information content (AvgIpc) is 2.95. The highest BCUT2D eigenvalue weighted by molar-refractivity contribution is 6.00. The predicted molar refractivity (Wildman–Crippen MR) is 79.8 cm³/mol. The summed E-state index contributed by atoms with van der Waals surface area (Å²) < 4.78 is 45.1. The van der Waals surface area contributed by atoms with Gasteiger partial charge in [0.25, 0.3) is 0 Å². The summed E-state index contributed by atoms with van der Waals surface area (Å²) in [6, 6.07) is 9.15. The minimum atomic E-state index is -4.76. The Morgan fingerprint density at radius 3 is 2.42 bits per heavy atom. The molecule has 9 heteroatoms. The highest BCUT2D eigenvalue weighted by Crippen LogP contribution is 2.24. The second-order valence-corrected chi connectivity index (χ2v) is 4.69. The van der Waals surface area contributed by atoms with Crippen molar-refractivity contribution in [2.75, 3.05) is 10.6 Å². The molecule has 2 N–H and O–H groups in total. The van der Waals surface area contributed by atoms with Crippen LogP contribution in [0.1, 0.15) is 0 Å². The van der Waals surface area contributed by atoms with Gasteiger partial charge in [0.05, 0.1) is 0 Å². The number of fused-ring (bicyclic) bond motifs is 1. The number of alkyl halides is 3. The number of halogens is 3. The van der Waals surface area contributed by atoms with Gasteiger partial charge in [0.2, 0.25) is 0 Å². The average molecular weight is 337 g/mol. The lowest BCUT2D eigenvalue weighted by atomic mass is 10.3. The first-order valence-electron chi connectivity index (χ1n) is 6.66. The SMILES string of the molecule is O=C(Nc1ccc(OC(F)(F)F)cc1)Nc1ccc2ncoc2c1. The van der Waals surface area contributed by atoms with Crippen molar-refractivity contribution in [1.82, 2.24) is 4.98 Å². The fraction of sp³-hybridized carbons (Fsp3) is 0.0667. The van der Waals surface area contributed by atoms with Crippen LogP contribution in [0, 0.1) is 0 Å². The normalized spacial score (nSPS) is 11.3. The highest BCUT2D eigenvalue weighted by atomic mass is 19.4. The van der Waals surface area contributed by atoms with E-state index in [0.29, 0.717) is 22.5 Å². The second kappa shape index (κ2) is 6.11. The molecule has 0 aliphatic heterocycles. The van der Waals surface area contributed by atoms with Gasteiger partial charge in [-0.25, -0.2) is 9.78 Å². The zero-order valence-electron chi connectivity index (χ0n) is 11.9. The van der Waals surface area contributed by atoms with Crippen LogP contribution in [0.2, 0.25) is 0 Å². The topological polar surface area (TPSA) is 76.4 Å². The lowest BCUT2D eigenvalue weighted by Crippen LogP contribution is -2.19. The van der Waals surface area contributed by atoms with E-state index < -0.39 is 12.4 Å². The number of aromatic nitrogens is 1. The Bertz CT molecular complexity index is 860. The number of ether oxygens (including phenoxy) is 1. The van der Waals surface area contributed by atoms with E-state index >= 15 is 0 Å². The van der Waals surface area contributed by atoms with E-state index in [2.05, 4.69) is 20.4 Å². The van der Waals surface area contributed by atoms with Gasteiger partial charge in [-0.05, 0) is 36.4 Å². The minimum Gasteiger partial charge on any atom is -0.443 e. The number of oxazole rings is 1. The number of nitrogens with zero attached hydrogens (tertiary/aromatic N) is 1. The quantitative estimate of drug-likeness (QED) is 0.744. The molecule has 24 heavy (non-hydrogen) atoms. The minimum absolute atomic E-state index is 0.308. The molecule has 3 rings (SSSR count). The fourth-order valence-corrected chi connectivity index (χ4v) is 1.97. The molecule has 0 fully saturated rings. The molecule has 6 nitrogen and oxygen atoms in total. The maximum atomic E-state index is 12.1. The van der Waals surface area contributed by atoms with Gasteiger partial charge in [-0.3, -0.25) is 0 Å². The van der Waals surface area contributed by atoms with Gasteiger partial charge in [-0.1, -0.05) is 0 Å². The Balaban J connectivity index is 1.61. The number of hydrogen-bond acceptors (Lipinski definition) is 4. The Morgan fingerprint density at radius 1 is 1.04 bits per heavy atom. The van der Waals surface area contributed by atoms with Crippen LogP contribution in [0.25, 0.3) is 11.1 Å². The molecular weight excluding hydrogens is 327 g/mol. The molecule has 2 aromatic carbocycles. The van der Waals surface area contributed by atoms with Gasteiger partial charge >= 0.3 is 12.4 Å². The van der Waals surface area contributed by atoms with Crippen molar-refractivity contribution in [3.63, 3.8) is 0 Å². The third-order valence-corrected chi connectivity index (χ3v) is 2.93. The van der Waals surface area contributed by atoms with Crippen molar-refractivity contribution in [2.45, 2.75) is 6.36 Å². The van der Waals surface area contributed by atoms with Crippen LogP contribution < -0.4 is 15.4 Å². The largest absolute Gasteiger partial charge is 0.573 e. The number of rotatable bonds is 3. The summed E-state index contributed by atoms with van der Waals surface area (Å²) in [5.74, 6) is -0.371. The van der Waals surface area contributed by atoms with E-state index in [1.165, 1.54) is 18.5 Å². The molecular formula is C15H10F3N3O3. The zero-order valence-corrected chi connectivity index (χ0v) is 11.9. The van der Waals surface area contributed by atoms with Crippen LogP contribution in [0.5, 0.6) is 5.75 Å². The van der Waals surface area contributed by atoms with E-state index in [1.807, 2.05) is 0 Å². The number of urea groups is 1. The van der Waals surface area contributed by atoms with Gasteiger partial charge in [0, 0.05) is 17.4 Å². The molecule has 3 aromatic rings. The Kier molecular flexibility index (Phi) is 3.98. The molecule has 0 aliphatic carbocycles. The Hall–Kier alpha value is -3.23. The summed E-state index contributed by atoms with van der Waals surface area (Å²) >= 11 is 0. The first kappa shape index (κ1) is 15.7. The van der Waals surface area contributed by atoms with E-state index in [0.717, 1.165) is 12.1 Å². The summed E-state index contributed by atoms with van der Waals surface area (Å²) in [7, 11) is 0. The van der Waals surface area contributed by atoms with E-state index in [1.54, 1.807) is 18.2 Å². The molecule has 1 aromatic heterocycles. The Morgan fingerprint density at radius 2 is 1.71 bits per heavy atom. The first-order chi connectivity index (χ1) is 11.4. The van der Waals surface area contributed by atoms with Crippen molar-refractivity contribution in [3.05, 3.63) is 48.9 Å². The summed E-state index contributed by atoms with van der Waals surface area (Å²) in [5, 5.41) is 5.07. The second-order valence-electron chi connectivity index (χ2n) is 4.69. The molecule has 0 aliphatic rings. The number of amides is 2. The zero-order chi connectivity index (χ0) is 17.2. The van der Waals surface area contributed by atoms with Crippen LogP contribution in [-0.4, -0.2) is 17.4 Å². The van der Waals surface area contributed by atoms with Crippen LogP contribution in [0.15, 0.2) is 53.3 Å². The van der Waals surface area contributed by atoms with Crippen molar-refractivity contribution < 1.29 is 27.1 Å². The number of carbonyl (C=O) groups excluding carboxylic acids is 1. The number of carbonyl (C=O) groups is 1. The molecule has 0 radical (unpaired) electrons. The van der Waals surface area contributed by atoms with Crippen molar-refractivity contribution in [3.8, 4) is 5.75 Å². The number of nitrogens with one attached hydrogen (secondary N) is 2. The molecule has 0 bridgehead atoms. The standard InChI is InChI=1S/C15H10F3N3O3/c16-15(17,18)24-11-4-1-9(2-5-11)20-14(22)21-10-3-6-12-13(7-10)23-8-19-12/h1-8H,(H2,20,21,22). The van der Waals surface area contributed by atoms with Gasteiger partial charge in [0.15, 0.2) is 12.0 Å². The lowest BCUT2D eigenvalue weighted by molar-refractivity contribution is -0.274.